The Morgan fingerprint density at radius 1 is 1.26 bits per heavy atom. The van der Waals surface area contributed by atoms with Crippen molar-refractivity contribution in [2.75, 3.05) is 31.1 Å². The zero-order chi connectivity index (χ0) is 18.6. The fraction of sp³-hybridized carbons (Fsp3) is 0.333. The molecule has 8 nitrogen and oxygen atoms in total. The molecule has 0 radical (unpaired) electrons. The summed E-state index contributed by atoms with van der Waals surface area (Å²) in [6, 6.07) is 8.12. The van der Waals surface area contributed by atoms with E-state index in [2.05, 4.69) is 9.97 Å². The minimum absolute atomic E-state index is 0.0964. The van der Waals surface area contributed by atoms with E-state index in [0.29, 0.717) is 37.1 Å². The van der Waals surface area contributed by atoms with E-state index < -0.39 is 0 Å². The number of amides is 2. The number of oxazole rings is 1. The first-order chi connectivity index (χ1) is 13.1. The maximum absolute atomic E-state index is 12.7. The third-order valence-electron chi connectivity index (χ3n) is 5.49. The molecule has 2 aromatic heterocycles. The van der Waals surface area contributed by atoms with Crippen LogP contribution in [-0.2, 0) is 4.79 Å². The highest BCUT2D eigenvalue weighted by molar-refractivity contribution is 7.11. The molecule has 2 amide bonds. The number of fused-ring (bicyclic) bond motifs is 1. The monoisotopic (exact) mass is 383 g/mol. The molecule has 1 spiro atoms. The van der Waals surface area contributed by atoms with Crippen LogP contribution < -0.4 is 10.6 Å². The van der Waals surface area contributed by atoms with Crippen LogP contribution in [0.15, 0.2) is 40.4 Å². The molecule has 0 saturated carbocycles. The van der Waals surface area contributed by atoms with Crippen LogP contribution in [0.25, 0.3) is 11.1 Å². The van der Waals surface area contributed by atoms with Crippen LogP contribution in [0.3, 0.4) is 0 Å². The lowest BCUT2D eigenvalue weighted by molar-refractivity contribution is -0.124. The second kappa shape index (κ2) is 5.78. The number of nitrogens with zero attached hydrogens (tertiary/aromatic N) is 4. The summed E-state index contributed by atoms with van der Waals surface area (Å²) < 4.78 is 5.82. The summed E-state index contributed by atoms with van der Waals surface area (Å²) in [7, 11) is 0. The molecule has 2 fully saturated rings. The Kier molecular flexibility index (Phi) is 3.48. The van der Waals surface area contributed by atoms with E-state index in [1.54, 1.807) is 16.6 Å². The highest BCUT2D eigenvalue weighted by Gasteiger charge is 2.58. The Hall–Kier alpha value is -2.94. The van der Waals surface area contributed by atoms with Crippen molar-refractivity contribution < 1.29 is 14.0 Å². The lowest BCUT2D eigenvalue weighted by Crippen LogP contribution is -2.62. The van der Waals surface area contributed by atoms with Crippen LogP contribution in [0.5, 0.6) is 0 Å². The summed E-state index contributed by atoms with van der Waals surface area (Å²) in [5.74, 6) is -0.845. The molecule has 0 aliphatic carbocycles. The van der Waals surface area contributed by atoms with Gasteiger partial charge in [0, 0.05) is 31.6 Å². The third-order valence-corrected chi connectivity index (χ3v) is 6.25. The van der Waals surface area contributed by atoms with Gasteiger partial charge in [0.05, 0.1) is 17.6 Å². The smallest absolute Gasteiger partial charge is 0.298 e. The Morgan fingerprint density at radius 2 is 2.07 bits per heavy atom. The first-order valence-electron chi connectivity index (χ1n) is 8.63. The number of hydrogen-bond acceptors (Lipinski definition) is 7. The number of carbonyl (C=O) groups excluding carboxylic acids is 2. The Morgan fingerprint density at radius 3 is 2.78 bits per heavy atom. The van der Waals surface area contributed by atoms with Gasteiger partial charge in [-0.05, 0) is 12.1 Å². The quantitative estimate of drug-likeness (QED) is 0.732. The average molecular weight is 383 g/mol. The van der Waals surface area contributed by atoms with E-state index in [0.717, 1.165) is 11.1 Å². The number of thiazole rings is 1. The fourth-order valence-electron chi connectivity index (χ4n) is 4.16. The van der Waals surface area contributed by atoms with Gasteiger partial charge in [0.1, 0.15) is 10.4 Å². The van der Waals surface area contributed by atoms with Crippen molar-refractivity contribution in [3.8, 4) is 0 Å². The summed E-state index contributed by atoms with van der Waals surface area (Å²) in [5.41, 5.74) is 8.47. The zero-order valence-electron chi connectivity index (χ0n) is 14.4. The molecule has 3 aromatic rings. The first-order valence-corrected chi connectivity index (χ1v) is 9.51. The van der Waals surface area contributed by atoms with Gasteiger partial charge in [0.15, 0.2) is 5.58 Å². The number of para-hydroxylation sites is 2. The molecular weight excluding hydrogens is 366 g/mol. The van der Waals surface area contributed by atoms with Gasteiger partial charge >= 0.3 is 0 Å². The molecule has 2 aliphatic rings. The van der Waals surface area contributed by atoms with Crippen molar-refractivity contribution in [2.45, 2.75) is 0 Å². The third kappa shape index (κ3) is 2.49. The summed E-state index contributed by atoms with van der Waals surface area (Å²) in [6.45, 7) is 2.00. The molecule has 1 unspecified atom stereocenters. The van der Waals surface area contributed by atoms with Gasteiger partial charge in [0.25, 0.3) is 11.9 Å². The van der Waals surface area contributed by atoms with Crippen LogP contribution in [-0.4, -0.2) is 52.9 Å². The van der Waals surface area contributed by atoms with Crippen molar-refractivity contribution in [1.29, 1.82) is 0 Å². The number of likely N-dealkylation sites (tertiary alicyclic amines) is 1. The Labute approximate surface area is 158 Å². The number of aromatic nitrogens is 2. The van der Waals surface area contributed by atoms with Gasteiger partial charge in [-0.25, -0.2) is 0 Å². The summed E-state index contributed by atoms with van der Waals surface area (Å²) in [6.07, 6.45) is 1.56. The van der Waals surface area contributed by atoms with E-state index >= 15 is 0 Å². The summed E-state index contributed by atoms with van der Waals surface area (Å²) >= 11 is 1.30. The second-order valence-corrected chi connectivity index (χ2v) is 8.08. The van der Waals surface area contributed by atoms with Crippen LogP contribution >= 0.6 is 11.3 Å². The maximum Gasteiger partial charge on any atom is 0.298 e. The van der Waals surface area contributed by atoms with E-state index in [-0.39, 0.29) is 23.1 Å². The van der Waals surface area contributed by atoms with Gasteiger partial charge < -0.3 is 20.0 Å². The number of benzene rings is 1. The number of carbonyl (C=O) groups is 2. The normalized spacial score (nSPS) is 21.0. The molecule has 27 heavy (non-hydrogen) atoms. The van der Waals surface area contributed by atoms with Crippen molar-refractivity contribution in [2.24, 2.45) is 17.1 Å². The molecule has 2 saturated heterocycles. The standard InChI is InChI=1S/C18H17N5O3S/c19-15(24)11-6-22(16(25)14-5-20-10-27-14)7-18(11)8-23(9-18)17-21-12-3-1-2-4-13(12)26-17/h1-5,10-11H,6-9H2,(H2,19,24). The fourth-order valence-corrected chi connectivity index (χ4v) is 4.74. The minimum Gasteiger partial charge on any atom is -0.423 e. The topological polar surface area (TPSA) is 106 Å². The van der Waals surface area contributed by atoms with E-state index in [1.807, 2.05) is 29.2 Å². The van der Waals surface area contributed by atoms with E-state index in [1.165, 1.54) is 11.3 Å². The number of rotatable bonds is 3. The lowest BCUT2D eigenvalue weighted by atomic mass is 9.71. The second-order valence-electron chi connectivity index (χ2n) is 7.19. The largest absolute Gasteiger partial charge is 0.423 e. The Bertz CT molecular complexity index is 992. The average Bonchev–Trinajstić information content (AvgIpc) is 3.35. The van der Waals surface area contributed by atoms with Gasteiger partial charge in [-0.1, -0.05) is 12.1 Å². The van der Waals surface area contributed by atoms with Crippen LogP contribution in [0.4, 0.5) is 6.01 Å². The highest BCUT2D eigenvalue weighted by Crippen LogP contribution is 2.46. The van der Waals surface area contributed by atoms with Crippen molar-refractivity contribution >= 4 is 40.3 Å². The Balaban J connectivity index is 1.37. The minimum atomic E-state index is -0.380. The lowest BCUT2D eigenvalue weighted by Gasteiger charge is -2.49. The molecule has 1 atom stereocenters. The summed E-state index contributed by atoms with van der Waals surface area (Å²) in [4.78, 5) is 37.5. The van der Waals surface area contributed by atoms with Gasteiger partial charge in [-0.15, -0.1) is 11.3 Å². The number of nitrogens with two attached hydrogens (primary N) is 1. The van der Waals surface area contributed by atoms with Gasteiger partial charge in [0.2, 0.25) is 5.91 Å². The maximum atomic E-state index is 12.7. The molecule has 138 valence electrons. The predicted molar refractivity (Wildman–Crippen MR) is 99.4 cm³/mol. The van der Waals surface area contributed by atoms with Crippen LogP contribution in [0, 0.1) is 11.3 Å². The predicted octanol–water partition coefficient (Wildman–Crippen LogP) is 1.35. The zero-order valence-corrected chi connectivity index (χ0v) is 15.2. The molecule has 2 aliphatic heterocycles. The molecule has 1 aromatic carbocycles. The van der Waals surface area contributed by atoms with E-state index in [4.69, 9.17) is 10.2 Å². The SMILES string of the molecule is NC(=O)C1CN(C(=O)c2cncs2)CC12CN(c1nc3ccccc3o1)C2. The van der Waals surface area contributed by atoms with Gasteiger partial charge in [-0.3, -0.25) is 14.6 Å². The van der Waals surface area contributed by atoms with Crippen LogP contribution in [0.1, 0.15) is 9.67 Å². The van der Waals surface area contributed by atoms with Gasteiger partial charge in [-0.2, -0.15) is 4.98 Å². The molecule has 4 heterocycles. The van der Waals surface area contributed by atoms with Crippen molar-refractivity contribution in [3.05, 3.63) is 40.8 Å². The first kappa shape index (κ1) is 16.2. The van der Waals surface area contributed by atoms with Crippen molar-refractivity contribution in [1.82, 2.24) is 14.9 Å². The molecule has 0 bridgehead atoms. The number of primary amides is 1. The van der Waals surface area contributed by atoms with Crippen molar-refractivity contribution in [3.63, 3.8) is 0 Å². The molecule has 5 rings (SSSR count). The molecule has 2 N–H and O–H groups in total. The van der Waals surface area contributed by atoms with E-state index in [9.17, 15) is 9.59 Å². The number of anilines is 1. The molecular formula is C18H17N5O3S. The highest BCUT2D eigenvalue weighted by atomic mass is 32.1. The summed E-state index contributed by atoms with van der Waals surface area (Å²) in [5, 5.41) is 0. The molecule has 9 heteroatoms. The van der Waals surface area contributed by atoms with Crippen LogP contribution in [0.2, 0.25) is 0 Å². The number of hydrogen-bond donors (Lipinski definition) is 1.